The molecule has 0 aromatic rings. The summed E-state index contributed by atoms with van der Waals surface area (Å²) >= 11 is 0. The number of hydrogen-bond donors (Lipinski definition) is 0. The molecule has 0 N–H and O–H groups in total. The van der Waals surface area contributed by atoms with Crippen LogP contribution in [-0.2, 0) is 0 Å². The summed E-state index contributed by atoms with van der Waals surface area (Å²) in [7, 11) is 0. The zero-order valence-corrected chi connectivity index (χ0v) is 6.62. The zero-order chi connectivity index (χ0) is 9.24. The highest BCUT2D eigenvalue weighted by Crippen LogP contribution is 2.48. The summed E-state index contributed by atoms with van der Waals surface area (Å²) in [5.41, 5.74) is -2.04. The van der Waals surface area contributed by atoms with Crippen molar-refractivity contribution in [3.8, 4) is 6.07 Å². The Labute approximate surface area is 69.2 Å². The van der Waals surface area contributed by atoms with Crippen LogP contribution in [0.25, 0.3) is 0 Å². The second-order valence-electron chi connectivity index (χ2n) is 3.25. The average molecular weight is 177 g/mol. The van der Waals surface area contributed by atoms with Crippen molar-refractivity contribution >= 4 is 0 Å². The number of rotatable bonds is 0. The summed E-state index contributed by atoms with van der Waals surface area (Å²) < 4.78 is 37.1. The maximum atomic E-state index is 12.4. The van der Waals surface area contributed by atoms with Gasteiger partial charge in [0.05, 0.1) is 6.07 Å². The van der Waals surface area contributed by atoms with Gasteiger partial charge in [0.25, 0.3) is 0 Å². The lowest BCUT2D eigenvalue weighted by atomic mass is 9.75. The highest BCUT2D eigenvalue weighted by molar-refractivity contribution is 5.05. The summed E-state index contributed by atoms with van der Waals surface area (Å²) in [5, 5.41) is 8.51. The van der Waals surface area contributed by atoms with Crippen LogP contribution >= 0.6 is 0 Å². The van der Waals surface area contributed by atoms with E-state index < -0.39 is 11.6 Å². The molecule has 0 aromatic carbocycles. The Bertz CT molecular complexity index is 195. The van der Waals surface area contributed by atoms with Gasteiger partial charge in [0.1, 0.15) is 0 Å². The van der Waals surface area contributed by atoms with Gasteiger partial charge in [-0.15, -0.1) is 0 Å². The molecule has 4 heteroatoms. The van der Waals surface area contributed by atoms with E-state index in [0.717, 1.165) is 6.42 Å². The Balaban J connectivity index is 2.83. The van der Waals surface area contributed by atoms with Gasteiger partial charge >= 0.3 is 6.18 Å². The minimum Gasteiger partial charge on any atom is -0.197 e. The van der Waals surface area contributed by atoms with E-state index in [1.165, 1.54) is 6.07 Å². The highest BCUT2D eigenvalue weighted by atomic mass is 19.4. The van der Waals surface area contributed by atoms with Gasteiger partial charge in [0.15, 0.2) is 5.41 Å². The molecule has 0 bridgehead atoms. The van der Waals surface area contributed by atoms with Gasteiger partial charge in [-0.05, 0) is 12.8 Å². The fourth-order valence-electron chi connectivity index (χ4n) is 1.61. The largest absolute Gasteiger partial charge is 0.407 e. The average Bonchev–Trinajstić information content (AvgIpc) is 2.04. The molecule has 0 heterocycles. The van der Waals surface area contributed by atoms with Crippen molar-refractivity contribution in [3.05, 3.63) is 0 Å². The van der Waals surface area contributed by atoms with Crippen LogP contribution in [0.1, 0.15) is 32.1 Å². The summed E-state index contributed by atoms with van der Waals surface area (Å²) in [4.78, 5) is 0. The summed E-state index contributed by atoms with van der Waals surface area (Å²) in [6, 6.07) is 1.43. The van der Waals surface area contributed by atoms with Crippen molar-refractivity contribution < 1.29 is 13.2 Å². The number of alkyl halides is 3. The van der Waals surface area contributed by atoms with Crippen LogP contribution in [0.15, 0.2) is 0 Å². The number of halogens is 3. The zero-order valence-electron chi connectivity index (χ0n) is 6.62. The monoisotopic (exact) mass is 177 g/mol. The van der Waals surface area contributed by atoms with E-state index in [0.29, 0.717) is 12.8 Å². The molecule has 68 valence electrons. The predicted octanol–water partition coefficient (Wildman–Crippen LogP) is 3.02. The first-order valence-corrected chi connectivity index (χ1v) is 4.00. The summed E-state index contributed by atoms with van der Waals surface area (Å²) in [6.45, 7) is 0. The maximum Gasteiger partial charge on any atom is 0.407 e. The second-order valence-corrected chi connectivity index (χ2v) is 3.25. The molecule has 1 aliphatic rings. The predicted molar refractivity (Wildman–Crippen MR) is 37.2 cm³/mol. The minimum atomic E-state index is -4.35. The Hall–Kier alpha value is -0.720. The molecule has 0 atom stereocenters. The third-order valence-electron chi connectivity index (χ3n) is 2.46. The van der Waals surface area contributed by atoms with E-state index in [1.807, 2.05) is 0 Å². The SMILES string of the molecule is N#CC1(C(F)(F)F)CCCCC1. The van der Waals surface area contributed by atoms with E-state index in [1.54, 1.807) is 0 Å². The van der Waals surface area contributed by atoms with Crippen LogP contribution in [0, 0.1) is 16.7 Å². The summed E-state index contributed by atoms with van der Waals surface area (Å²) in [5.74, 6) is 0. The third-order valence-corrected chi connectivity index (χ3v) is 2.46. The van der Waals surface area contributed by atoms with E-state index in [4.69, 9.17) is 5.26 Å². The van der Waals surface area contributed by atoms with Gasteiger partial charge in [0, 0.05) is 0 Å². The number of hydrogen-bond acceptors (Lipinski definition) is 1. The molecule has 12 heavy (non-hydrogen) atoms. The lowest BCUT2D eigenvalue weighted by Gasteiger charge is -2.32. The smallest absolute Gasteiger partial charge is 0.197 e. The van der Waals surface area contributed by atoms with Crippen molar-refractivity contribution in [1.82, 2.24) is 0 Å². The number of nitriles is 1. The lowest BCUT2D eigenvalue weighted by Crippen LogP contribution is -2.38. The van der Waals surface area contributed by atoms with Crippen molar-refractivity contribution in [2.75, 3.05) is 0 Å². The molecule has 0 spiro atoms. The second kappa shape index (κ2) is 2.96. The highest BCUT2D eigenvalue weighted by Gasteiger charge is 2.55. The van der Waals surface area contributed by atoms with Crippen molar-refractivity contribution in [2.45, 2.75) is 38.3 Å². The molecule has 1 rings (SSSR count). The maximum absolute atomic E-state index is 12.4. The Morgan fingerprint density at radius 1 is 1.08 bits per heavy atom. The summed E-state index contributed by atoms with van der Waals surface area (Å²) in [6.07, 6.45) is -2.53. The Kier molecular flexibility index (Phi) is 2.31. The molecule has 1 fully saturated rings. The molecular weight excluding hydrogens is 167 g/mol. The van der Waals surface area contributed by atoms with Gasteiger partial charge in [0.2, 0.25) is 0 Å². The molecule has 0 radical (unpaired) electrons. The molecular formula is C8H10F3N. The first kappa shape index (κ1) is 9.37. The quantitative estimate of drug-likeness (QED) is 0.558. The van der Waals surface area contributed by atoms with Crippen LogP contribution in [0.2, 0.25) is 0 Å². The molecule has 1 nitrogen and oxygen atoms in total. The van der Waals surface area contributed by atoms with Crippen LogP contribution in [-0.4, -0.2) is 6.18 Å². The Morgan fingerprint density at radius 3 is 1.83 bits per heavy atom. The van der Waals surface area contributed by atoms with Crippen LogP contribution in [0.5, 0.6) is 0 Å². The van der Waals surface area contributed by atoms with Crippen LogP contribution in [0.3, 0.4) is 0 Å². The first-order valence-electron chi connectivity index (χ1n) is 4.00. The first-order chi connectivity index (χ1) is 5.52. The van der Waals surface area contributed by atoms with Gasteiger partial charge in [-0.2, -0.15) is 18.4 Å². The van der Waals surface area contributed by atoms with Gasteiger partial charge in [-0.1, -0.05) is 19.3 Å². The van der Waals surface area contributed by atoms with Crippen molar-refractivity contribution in [1.29, 1.82) is 5.26 Å². The van der Waals surface area contributed by atoms with Crippen molar-refractivity contribution in [3.63, 3.8) is 0 Å². The van der Waals surface area contributed by atoms with Gasteiger partial charge < -0.3 is 0 Å². The van der Waals surface area contributed by atoms with E-state index >= 15 is 0 Å². The minimum absolute atomic E-state index is 0.0208. The third kappa shape index (κ3) is 1.40. The van der Waals surface area contributed by atoms with Crippen LogP contribution < -0.4 is 0 Å². The molecule has 0 aliphatic heterocycles. The van der Waals surface area contributed by atoms with Gasteiger partial charge in [-0.25, -0.2) is 0 Å². The normalized spacial score (nSPS) is 23.2. The molecule has 1 saturated carbocycles. The molecule has 0 saturated heterocycles. The molecule has 0 unspecified atom stereocenters. The molecule has 1 aliphatic carbocycles. The van der Waals surface area contributed by atoms with E-state index in [9.17, 15) is 13.2 Å². The lowest BCUT2D eigenvalue weighted by molar-refractivity contribution is -0.211. The van der Waals surface area contributed by atoms with Crippen molar-refractivity contribution in [2.24, 2.45) is 5.41 Å². The Morgan fingerprint density at radius 2 is 1.58 bits per heavy atom. The fourth-order valence-corrected chi connectivity index (χ4v) is 1.61. The van der Waals surface area contributed by atoms with E-state index in [-0.39, 0.29) is 12.8 Å². The van der Waals surface area contributed by atoms with E-state index in [2.05, 4.69) is 0 Å². The fraction of sp³-hybridized carbons (Fsp3) is 0.875. The van der Waals surface area contributed by atoms with Crippen LogP contribution in [0.4, 0.5) is 13.2 Å². The van der Waals surface area contributed by atoms with Gasteiger partial charge in [-0.3, -0.25) is 0 Å². The molecule has 0 amide bonds. The molecule has 0 aromatic heterocycles. The standard InChI is InChI=1S/C8H10F3N/c9-8(10,11)7(6-12)4-2-1-3-5-7/h1-5H2. The number of nitrogens with zero attached hydrogens (tertiary/aromatic N) is 1. The topological polar surface area (TPSA) is 23.8 Å².